The maximum atomic E-state index is 11.6. The van der Waals surface area contributed by atoms with E-state index in [2.05, 4.69) is 35.3 Å². The lowest BCUT2D eigenvalue weighted by atomic mass is 9.82. The van der Waals surface area contributed by atoms with Gasteiger partial charge < -0.3 is 4.74 Å². The van der Waals surface area contributed by atoms with Crippen molar-refractivity contribution < 1.29 is 9.53 Å². The van der Waals surface area contributed by atoms with Crippen LogP contribution >= 0.6 is 11.8 Å². The molecule has 0 radical (unpaired) electrons. The van der Waals surface area contributed by atoms with Gasteiger partial charge in [-0.3, -0.25) is 4.79 Å². The lowest BCUT2D eigenvalue weighted by Crippen LogP contribution is -2.15. The maximum Gasteiger partial charge on any atom is 0.316 e. The molecule has 25 heavy (non-hydrogen) atoms. The second kappa shape index (κ2) is 8.17. The second-order valence-electron chi connectivity index (χ2n) is 6.00. The van der Waals surface area contributed by atoms with E-state index in [1.165, 1.54) is 17.3 Å². The standard InChI is InChI=1S/C20H20N2O2S/c1-2-24-19(23)13-25-20-17(12-21)11-16-10-15(8-9-18(16)22-20)14-6-4-3-5-7-14/h3-7,11,15H,2,8-10,13H2,1H3/t15-/m0/s1. The van der Waals surface area contributed by atoms with Crippen molar-refractivity contribution in [2.45, 2.75) is 37.1 Å². The summed E-state index contributed by atoms with van der Waals surface area (Å²) in [5.41, 5.74) is 4.09. The molecule has 0 fully saturated rings. The van der Waals surface area contributed by atoms with Gasteiger partial charge in [0.15, 0.2) is 0 Å². The molecule has 1 atom stereocenters. The van der Waals surface area contributed by atoms with Crippen LogP contribution in [0.2, 0.25) is 0 Å². The Labute approximate surface area is 152 Å². The summed E-state index contributed by atoms with van der Waals surface area (Å²) >= 11 is 1.28. The minimum Gasteiger partial charge on any atom is -0.465 e. The van der Waals surface area contributed by atoms with Crippen LogP contribution in [-0.4, -0.2) is 23.3 Å². The van der Waals surface area contributed by atoms with E-state index < -0.39 is 0 Å². The van der Waals surface area contributed by atoms with Crippen LogP contribution in [0.5, 0.6) is 0 Å². The number of aryl methyl sites for hydroxylation is 1. The van der Waals surface area contributed by atoms with Crippen LogP contribution in [0.3, 0.4) is 0 Å². The van der Waals surface area contributed by atoms with Crippen LogP contribution in [0.4, 0.5) is 0 Å². The molecule has 5 heteroatoms. The SMILES string of the molecule is CCOC(=O)CSc1nc2c(cc1C#N)C[C@@H](c1ccccc1)CC2. The Morgan fingerprint density at radius 1 is 1.40 bits per heavy atom. The summed E-state index contributed by atoms with van der Waals surface area (Å²) in [6, 6.07) is 14.7. The third-order valence-electron chi connectivity index (χ3n) is 4.38. The molecule has 1 aliphatic rings. The predicted molar refractivity (Wildman–Crippen MR) is 97.5 cm³/mol. The van der Waals surface area contributed by atoms with Crippen molar-refractivity contribution in [1.29, 1.82) is 5.26 Å². The number of hydrogen-bond acceptors (Lipinski definition) is 5. The summed E-state index contributed by atoms with van der Waals surface area (Å²) in [7, 11) is 0. The summed E-state index contributed by atoms with van der Waals surface area (Å²) in [5, 5.41) is 10.1. The molecule has 1 aromatic heterocycles. The van der Waals surface area contributed by atoms with Crippen LogP contribution in [0, 0.1) is 11.3 Å². The molecule has 0 saturated carbocycles. The van der Waals surface area contributed by atoms with Gasteiger partial charge >= 0.3 is 5.97 Å². The van der Waals surface area contributed by atoms with Crippen LogP contribution in [0.25, 0.3) is 0 Å². The van der Waals surface area contributed by atoms with Gasteiger partial charge in [0, 0.05) is 5.69 Å². The molecule has 0 saturated heterocycles. The van der Waals surface area contributed by atoms with E-state index in [-0.39, 0.29) is 11.7 Å². The van der Waals surface area contributed by atoms with Crippen molar-refractivity contribution >= 4 is 17.7 Å². The van der Waals surface area contributed by atoms with Gasteiger partial charge in [-0.05, 0) is 49.3 Å². The molecule has 1 aliphatic carbocycles. The number of nitriles is 1. The molecule has 1 aromatic carbocycles. The molecule has 0 bridgehead atoms. The topological polar surface area (TPSA) is 63.0 Å². The van der Waals surface area contributed by atoms with E-state index in [9.17, 15) is 10.1 Å². The van der Waals surface area contributed by atoms with Crippen molar-refractivity contribution in [2.24, 2.45) is 0 Å². The lowest BCUT2D eigenvalue weighted by Gasteiger charge is -2.25. The van der Waals surface area contributed by atoms with Crippen molar-refractivity contribution in [3.63, 3.8) is 0 Å². The zero-order valence-electron chi connectivity index (χ0n) is 14.2. The highest BCUT2D eigenvalue weighted by atomic mass is 32.2. The number of carbonyl (C=O) groups is 1. The zero-order valence-corrected chi connectivity index (χ0v) is 15.0. The number of rotatable bonds is 5. The minimum absolute atomic E-state index is 0.181. The highest BCUT2D eigenvalue weighted by Gasteiger charge is 2.23. The van der Waals surface area contributed by atoms with Crippen LogP contribution in [-0.2, 0) is 22.4 Å². The predicted octanol–water partition coefficient (Wildman–Crippen LogP) is 3.88. The summed E-state index contributed by atoms with van der Waals surface area (Å²) in [5.74, 6) is 0.376. The molecule has 0 unspecified atom stereocenters. The minimum atomic E-state index is -0.278. The first-order valence-electron chi connectivity index (χ1n) is 8.47. The normalized spacial score (nSPS) is 15.9. The molecule has 2 aromatic rings. The monoisotopic (exact) mass is 352 g/mol. The smallest absolute Gasteiger partial charge is 0.316 e. The first kappa shape index (κ1) is 17.5. The molecule has 1 heterocycles. The van der Waals surface area contributed by atoms with Gasteiger partial charge in [-0.1, -0.05) is 42.1 Å². The third kappa shape index (κ3) is 4.21. The number of ether oxygens (including phenoxy) is 1. The molecular weight excluding hydrogens is 332 g/mol. The van der Waals surface area contributed by atoms with Crippen molar-refractivity contribution in [2.75, 3.05) is 12.4 Å². The fraction of sp³-hybridized carbons (Fsp3) is 0.350. The molecule has 0 amide bonds. The number of aromatic nitrogens is 1. The summed E-state index contributed by atoms with van der Waals surface area (Å²) < 4.78 is 4.94. The molecule has 0 N–H and O–H groups in total. The third-order valence-corrected chi connectivity index (χ3v) is 5.34. The van der Waals surface area contributed by atoms with E-state index in [1.807, 2.05) is 12.1 Å². The zero-order chi connectivity index (χ0) is 17.6. The van der Waals surface area contributed by atoms with E-state index in [1.54, 1.807) is 6.92 Å². The second-order valence-corrected chi connectivity index (χ2v) is 6.97. The number of hydrogen-bond donors (Lipinski definition) is 0. The van der Waals surface area contributed by atoms with Gasteiger partial charge in [-0.25, -0.2) is 4.98 Å². The van der Waals surface area contributed by atoms with E-state index in [0.29, 0.717) is 23.1 Å². The summed E-state index contributed by atoms with van der Waals surface area (Å²) in [6.07, 6.45) is 2.86. The Balaban J connectivity index is 1.78. The fourth-order valence-electron chi connectivity index (χ4n) is 3.18. The summed E-state index contributed by atoms with van der Waals surface area (Å²) in [6.45, 7) is 2.15. The largest absolute Gasteiger partial charge is 0.465 e. The fourth-order valence-corrected chi connectivity index (χ4v) is 3.95. The van der Waals surface area contributed by atoms with Gasteiger partial charge in [-0.2, -0.15) is 5.26 Å². The average Bonchev–Trinajstić information content (AvgIpc) is 2.66. The highest BCUT2D eigenvalue weighted by Crippen LogP contribution is 2.34. The highest BCUT2D eigenvalue weighted by molar-refractivity contribution is 7.99. The lowest BCUT2D eigenvalue weighted by molar-refractivity contribution is -0.139. The van der Waals surface area contributed by atoms with Crippen molar-refractivity contribution in [3.05, 3.63) is 58.8 Å². The first-order chi connectivity index (χ1) is 12.2. The van der Waals surface area contributed by atoms with Crippen molar-refractivity contribution in [3.8, 4) is 6.07 Å². The van der Waals surface area contributed by atoms with Crippen molar-refractivity contribution in [1.82, 2.24) is 4.98 Å². The van der Waals surface area contributed by atoms with E-state index in [0.717, 1.165) is 30.5 Å². The number of nitrogens with zero attached hydrogens (tertiary/aromatic N) is 2. The van der Waals surface area contributed by atoms with E-state index >= 15 is 0 Å². The molecule has 4 nitrogen and oxygen atoms in total. The number of benzene rings is 1. The van der Waals surface area contributed by atoms with E-state index in [4.69, 9.17) is 4.74 Å². The Morgan fingerprint density at radius 3 is 2.92 bits per heavy atom. The molecule has 0 spiro atoms. The molecular formula is C20H20N2O2S. The molecule has 0 aliphatic heterocycles. The Morgan fingerprint density at radius 2 is 2.20 bits per heavy atom. The molecule has 128 valence electrons. The van der Waals surface area contributed by atoms with Crippen LogP contribution in [0.15, 0.2) is 41.4 Å². The number of pyridine rings is 1. The number of thioether (sulfide) groups is 1. The van der Waals surface area contributed by atoms with Gasteiger partial charge in [0.1, 0.15) is 11.1 Å². The quantitative estimate of drug-likeness (QED) is 0.603. The van der Waals surface area contributed by atoms with Gasteiger partial charge in [0.25, 0.3) is 0 Å². The number of carbonyl (C=O) groups excluding carboxylic acids is 1. The van der Waals surface area contributed by atoms with Crippen LogP contribution in [0.1, 0.15) is 41.6 Å². The Hall–Kier alpha value is -2.32. The van der Waals surface area contributed by atoms with Gasteiger partial charge in [0.2, 0.25) is 0 Å². The summed E-state index contributed by atoms with van der Waals surface area (Å²) in [4.78, 5) is 16.2. The Bertz CT molecular complexity index is 799. The average molecular weight is 352 g/mol. The van der Waals surface area contributed by atoms with Gasteiger partial charge in [-0.15, -0.1) is 0 Å². The Kier molecular flexibility index (Phi) is 5.72. The van der Waals surface area contributed by atoms with Gasteiger partial charge in [0.05, 0.1) is 17.9 Å². The van der Waals surface area contributed by atoms with Crippen LogP contribution < -0.4 is 0 Å². The maximum absolute atomic E-state index is 11.6. The number of fused-ring (bicyclic) bond motifs is 1. The first-order valence-corrected chi connectivity index (χ1v) is 9.46. The number of esters is 1. The molecule has 3 rings (SSSR count).